The van der Waals surface area contributed by atoms with Crippen molar-refractivity contribution in [3.8, 4) is 0 Å². The molecule has 1 saturated heterocycles. The number of guanidine groups is 1. The average Bonchev–Trinajstić information content (AvgIpc) is 2.46. The van der Waals surface area contributed by atoms with Crippen LogP contribution in [0.5, 0.6) is 0 Å². The van der Waals surface area contributed by atoms with Crippen molar-refractivity contribution in [3.05, 3.63) is 0 Å². The van der Waals surface area contributed by atoms with E-state index in [1.54, 1.807) is 4.90 Å². The molecular weight excluding hydrogens is 419 g/mol. The van der Waals surface area contributed by atoms with Crippen LogP contribution in [0.1, 0.15) is 59.8 Å². The monoisotopic (exact) mass is 454 g/mol. The Morgan fingerprint density at radius 3 is 2.46 bits per heavy atom. The van der Waals surface area contributed by atoms with E-state index in [2.05, 4.69) is 31.1 Å². The topological polar surface area (TPSA) is 80.0 Å². The van der Waals surface area contributed by atoms with Crippen LogP contribution in [0.2, 0.25) is 0 Å². The van der Waals surface area contributed by atoms with E-state index in [1.165, 1.54) is 12.8 Å². The Kier molecular flexibility index (Phi) is 11.4. The standard InChI is InChI=1S/C17H34N4O2.HI/c1-5-23-16(22)21-12-8-14(9-13-21)20-15(18)19-11-7-6-10-17(2,3)4;/h14H,5-13H2,1-4H3,(H3,18,19,20);1H. The van der Waals surface area contributed by atoms with E-state index in [0.717, 1.165) is 25.8 Å². The molecule has 0 atom stereocenters. The molecule has 24 heavy (non-hydrogen) atoms. The fourth-order valence-corrected chi connectivity index (χ4v) is 2.64. The van der Waals surface area contributed by atoms with Crippen molar-refractivity contribution >= 4 is 36.0 Å². The maximum absolute atomic E-state index is 11.6. The number of ether oxygens (including phenoxy) is 1. The Hall–Kier alpha value is -0.730. The van der Waals surface area contributed by atoms with Gasteiger partial charge in [0.2, 0.25) is 0 Å². The Labute approximate surface area is 164 Å². The van der Waals surface area contributed by atoms with E-state index in [9.17, 15) is 4.79 Å². The Bertz CT molecular complexity index is 389. The Balaban J connectivity index is 0.00000529. The second kappa shape index (κ2) is 11.8. The first-order valence-electron chi connectivity index (χ1n) is 8.80. The van der Waals surface area contributed by atoms with Crippen LogP contribution in [0.4, 0.5) is 4.79 Å². The smallest absolute Gasteiger partial charge is 0.409 e. The van der Waals surface area contributed by atoms with Crippen molar-refractivity contribution in [1.82, 2.24) is 10.2 Å². The minimum atomic E-state index is -0.216. The van der Waals surface area contributed by atoms with E-state index in [0.29, 0.717) is 37.1 Å². The highest BCUT2D eigenvalue weighted by atomic mass is 127. The van der Waals surface area contributed by atoms with Gasteiger partial charge in [0.15, 0.2) is 5.96 Å². The highest BCUT2D eigenvalue weighted by Gasteiger charge is 2.23. The molecule has 6 nitrogen and oxygen atoms in total. The molecule has 1 heterocycles. The van der Waals surface area contributed by atoms with E-state index in [-0.39, 0.29) is 30.1 Å². The first-order valence-corrected chi connectivity index (χ1v) is 8.80. The summed E-state index contributed by atoms with van der Waals surface area (Å²) < 4.78 is 5.02. The number of piperidine rings is 1. The van der Waals surface area contributed by atoms with Gasteiger partial charge in [-0.05, 0) is 38.0 Å². The quantitative estimate of drug-likeness (QED) is 0.279. The number of amides is 1. The molecule has 0 saturated carbocycles. The molecule has 0 bridgehead atoms. The number of hydrogen-bond donors (Lipinski definition) is 2. The van der Waals surface area contributed by atoms with Gasteiger partial charge < -0.3 is 20.7 Å². The maximum atomic E-state index is 11.6. The number of likely N-dealkylation sites (tertiary alicyclic amines) is 1. The van der Waals surface area contributed by atoms with Crippen molar-refractivity contribution in [2.24, 2.45) is 16.1 Å². The molecule has 0 spiro atoms. The number of rotatable bonds is 6. The fourth-order valence-electron chi connectivity index (χ4n) is 2.64. The number of unbranched alkanes of at least 4 members (excludes halogenated alkanes) is 1. The third kappa shape index (κ3) is 10.2. The van der Waals surface area contributed by atoms with Gasteiger partial charge in [-0.2, -0.15) is 0 Å². The van der Waals surface area contributed by atoms with Crippen molar-refractivity contribution < 1.29 is 9.53 Å². The van der Waals surface area contributed by atoms with E-state index in [1.807, 2.05) is 6.92 Å². The average molecular weight is 454 g/mol. The van der Waals surface area contributed by atoms with Crippen molar-refractivity contribution in [2.75, 3.05) is 26.2 Å². The van der Waals surface area contributed by atoms with Crippen LogP contribution in [0.3, 0.4) is 0 Å². The second-order valence-electron chi connectivity index (χ2n) is 7.39. The van der Waals surface area contributed by atoms with E-state index >= 15 is 0 Å². The summed E-state index contributed by atoms with van der Waals surface area (Å²) in [5.74, 6) is 0.523. The molecule has 142 valence electrons. The van der Waals surface area contributed by atoms with Gasteiger partial charge in [-0.15, -0.1) is 24.0 Å². The summed E-state index contributed by atoms with van der Waals surface area (Å²) in [6.07, 6.45) is 4.99. The van der Waals surface area contributed by atoms with Crippen LogP contribution >= 0.6 is 24.0 Å². The first kappa shape index (κ1) is 23.3. The van der Waals surface area contributed by atoms with Crippen molar-refractivity contribution in [3.63, 3.8) is 0 Å². The van der Waals surface area contributed by atoms with Crippen molar-refractivity contribution in [2.45, 2.75) is 65.8 Å². The predicted molar refractivity (Wildman–Crippen MR) is 110 cm³/mol. The predicted octanol–water partition coefficient (Wildman–Crippen LogP) is 3.35. The molecule has 0 aromatic rings. The SMILES string of the molecule is CCOC(=O)N1CCC(NC(N)=NCCCCC(C)(C)C)CC1.I. The zero-order valence-electron chi connectivity index (χ0n) is 15.6. The Morgan fingerprint density at radius 1 is 1.29 bits per heavy atom. The number of nitrogens with two attached hydrogens (primary N) is 1. The number of aliphatic imine (C=N–C) groups is 1. The summed E-state index contributed by atoms with van der Waals surface area (Å²) in [5, 5.41) is 3.27. The zero-order chi connectivity index (χ0) is 17.3. The minimum Gasteiger partial charge on any atom is -0.450 e. The van der Waals surface area contributed by atoms with Gasteiger partial charge in [-0.3, -0.25) is 4.99 Å². The van der Waals surface area contributed by atoms with Gasteiger partial charge >= 0.3 is 6.09 Å². The van der Waals surface area contributed by atoms with Crippen LogP contribution < -0.4 is 11.1 Å². The van der Waals surface area contributed by atoms with Gasteiger partial charge in [-0.25, -0.2) is 4.79 Å². The summed E-state index contributed by atoms with van der Waals surface area (Å²) in [6, 6.07) is 0.291. The van der Waals surface area contributed by atoms with Gasteiger partial charge in [0, 0.05) is 25.7 Å². The molecule has 1 fully saturated rings. The number of hydrogen-bond acceptors (Lipinski definition) is 3. The maximum Gasteiger partial charge on any atom is 0.409 e. The lowest BCUT2D eigenvalue weighted by atomic mass is 9.90. The number of carbonyl (C=O) groups excluding carboxylic acids is 1. The van der Waals surface area contributed by atoms with E-state index < -0.39 is 0 Å². The lowest BCUT2D eigenvalue weighted by Gasteiger charge is -2.31. The molecule has 0 aliphatic carbocycles. The molecule has 3 N–H and O–H groups in total. The molecule has 1 aliphatic rings. The lowest BCUT2D eigenvalue weighted by molar-refractivity contribution is 0.0963. The molecule has 7 heteroatoms. The molecule has 0 aromatic heterocycles. The molecule has 1 rings (SSSR count). The summed E-state index contributed by atoms with van der Waals surface area (Å²) >= 11 is 0. The molecule has 0 radical (unpaired) electrons. The van der Waals surface area contributed by atoms with Gasteiger partial charge in [0.1, 0.15) is 0 Å². The third-order valence-corrected chi connectivity index (χ3v) is 3.99. The minimum absolute atomic E-state index is 0. The van der Waals surface area contributed by atoms with Crippen LogP contribution in [-0.2, 0) is 4.74 Å². The highest BCUT2D eigenvalue weighted by molar-refractivity contribution is 14.0. The van der Waals surface area contributed by atoms with Crippen LogP contribution in [-0.4, -0.2) is 49.2 Å². The first-order chi connectivity index (χ1) is 10.8. The normalized spacial score (nSPS) is 16.5. The van der Waals surface area contributed by atoms with Crippen LogP contribution in [0, 0.1) is 5.41 Å². The third-order valence-electron chi connectivity index (χ3n) is 3.99. The molecular formula is C17H35IN4O2. The zero-order valence-corrected chi connectivity index (χ0v) is 18.0. The summed E-state index contributed by atoms with van der Waals surface area (Å²) in [6.45, 7) is 11.2. The van der Waals surface area contributed by atoms with Gasteiger partial charge in [0.25, 0.3) is 0 Å². The number of nitrogens with zero attached hydrogens (tertiary/aromatic N) is 2. The van der Waals surface area contributed by atoms with Crippen LogP contribution in [0.25, 0.3) is 0 Å². The second-order valence-corrected chi connectivity index (χ2v) is 7.39. The molecule has 0 aromatic carbocycles. The highest BCUT2D eigenvalue weighted by Crippen LogP contribution is 2.21. The lowest BCUT2D eigenvalue weighted by Crippen LogP contribution is -2.48. The summed E-state index contributed by atoms with van der Waals surface area (Å²) in [4.78, 5) is 17.8. The summed E-state index contributed by atoms with van der Waals surface area (Å²) in [7, 11) is 0. The molecule has 1 amide bonds. The van der Waals surface area contributed by atoms with Crippen molar-refractivity contribution in [1.29, 1.82) is 0 Å². The number of carbonyl (C=O) groups is 1. The van der Waals surface area contributed by atoms with Crippen LogP contribution in [0.15, 0.2) is 4.99 Å². The molecule has 1 aliphatic heterocycles. The largest absolute Gasteiger partial charge is 0.450 e. The summed E-state index contributed by atoms with van der Waals surface area (Å²) in [5.41, 5.74) is 6.34. The van der Waals surface area contributed by atoms with E-state index in [4.69, 9.17) is 10.5 Å². The Morgan fingerprint density at radius 2 is 1.92 bits per heavy atom. The number of nitrogens with one attached hydrogen (secondary N) is 1. The van der Waals surface area contributed by atoms with Gasteiger partial charge in [0.05, 0.1) is 6.61 Å². The molecule has 0 unspecified atom stereocenters. The van der Waals surface area contributed by atoms with Gasteiger partial charge in [-0.1, -0.05) is 27.2 Å². The fraction of sp³-hybridized carbons (Fsp3) is 0.882. The number of halogens is 1.